The van der Waals surface area contributed by atoms with Crippen LogP contribution in [0.25, 0.3) is 0 Å². The monoisotopic (exact) mass is 294 g/mol. The highest BCUT2D eigenvalue weighted by atomic mass is 19.1. The van der Waals surface area contributed by atoms with Gasteiger partial charge in [-0.2, -0.15) is 4.39 Å². The van der Waals surface area contributed by atoms with Gasteiger partial charge in [-0.25, -0.2) is 0 Å². The van der Waals surface area contributed by atoms with Crippen LogP contribution in [0.5, 0.6) is 0 Å². The molecule has 4 nitrogen and oxygen atoms in total. The number of nitro benzene ring substituents is 1. The number of hydrogen-bond donors (Lipinski definition) is 1. The molecule has 0 atom stereocenters. The van der Waals surface area contributed by atoms with E-state index in [9.17, 15) is 14.5 Å². The SMILES string of the molecule is CC(C)(C)C1CCC(Nc2ccc(F)c([N+](=O)[O-])c2)CC1. The summed E-state index contributed by atoms with van der Waals surface area (Å²) in [6.45, 7) is 6.82. The van der Waals surface area contributed by atoms with Gasteiger partial charge in [-0.05, 0) is 49.1 Å². The second-order valence-electron chi connectivity index (χ2n) is 6.98. The maximum absolute atomic E-state index is 13.3. The van der Waals surface area contributed by atoms with Crippen molar-refractivity contribution >= 4 is 11.4 Å². The number of nitro groups is 1. The number of nitrogens with one attached hydrogen (secondary N) is 1. The fraction of sp³-hybridized carbons (Fsp3) is 0.625. The molecule has 1 fully saturated rings. The fourth-order valence-electron chi connectivity index (χ4n) is 3.08. The van der Waals surface area contributed by atoms with Gasteiger partial charge in [0.1, 0.15) is 0 Å². The Kier molecular flexibility index (Phi) is 4.49. The molecule has 5 heteroatoms. The molecular formula is C16H23FN2O2. The van der Waals surface area contributed by atoms with Gasteiger partial charge < -0.3 is 5.32 Å². The second-order valence-corrected chi connectivity index (χ2v) is 6.98. The zero-order valence-electron chi connectivity index (χ0n) is 12.9. The van der Waals surface area contributed by atoms with Gasteiger partial charge in [0.05, 0.1) is 4.92 Å². The van der Waals surface area contributed by atoms with E-state index in [0.29, 0.717) is 17.1 Å². The molecule has 0 amide bonds. The third kappa shape index (κ3) is 3.93. The number of hydrogen-bond acceptors (Lipinski definition) is 3. The van der Waals surface area contributed by atoms with Crippen molar-refractivity contribution in [2.24, 2.45) is 11.3 Å². The quantitative estimate of drug-likeness (QED) is 0.646. The van der Waals surface area contributed by atoms with Gasteiger partial charge in [0.2, 0.25) is 5.82 Å². The van der Waals surface area contributed by atoms with Gasteiger partial charge in [-0.15, -0.1) is 0 Å². The first-order valence-corrected chi connectivity index (χ1v) is 7.48. The van der Waals surface area contributed by atoms with Gasteiger partial charge in [0, 0.05) is 17.8 Å². The van der Waals surface area contributed by atoms with E-state index in [4.69, 9.17) is 0 Å². The number of benzene rings is 1. The molecule has 116 valence electrons. The Labute approximate surface area is 124 Å². The van der Waals surface area contributed by atoms with Crippen LogP contribution in [0.1, 0.15) is 46.5 Å². The van der Waals surface area contributed by atoms with Crippen molar-refractivity contribution in [3.8, 4) is 0 Å². The van der Waals surface area contributed by atoms with Crippen molar-refractivity contribution < 1.29 is 9.31 Å². The van der Waals surface area contributed by atoms with Crippen LogP contribution in [0.4, 0.5) is 15.8 Å². The molecule has 1 saturated carbocycles. The highest BCUT2D eigenvalue weighted by Crippen LogP contribution is 2.38. The van der Waals surface area contributed by atoms with Crippen molar-refractivity contribution in [1.29, 1.82) is 0 Å². The maximum atomic E-state index is 13.3. The van der Waals surface area contributed by atoms with E-state index in [1.54, 1.807) is 6.07 Å². The third-order valence-electron chi connectivity index (χ3n) is 4.47. The minimum absolute atomic E-state index is 0.314. The largest absolute Gasteiger partial charge is 0.382 e. The molecule has 0 unspecified atom stereocenters. The first-order chi connectivity index (χ1) is 9.77. The predicted octanol–water partition coefficient (Wildman–Crippen LogP) is 4.75. The Bertz CT molecular complexity index is 517. The zero-order chi connectivity index (χ0) is 15.6. The summed E-state index contributed by atoms with van der Waals surface area (Å²) < 4.78 is 13.3. The number of rotatable bonds is 3. The lowest BCUT2D eigenvalue weighted by Crippen LogP contribution is -2.31. The molecule has 0 bridgehead atoms. The molecule has 0 aromatic heterocycles. The average molecular weight is 294 g/mol. The molecule has 1 N–H and O–H groups in total. The first-order valence-electron chi connectivity index (χ1n) is 7.48. The van der Waals surface area contributed by atoms with Gasteiger partial charge >= 0.3 is 5.69 Å². The van der Waals surface area contributed by atoms with Crippen molar-refractivity contribution in [2.75, 3.05) is 5.32 Å². The molecule has 0 aliphatic heterocycles. The van der Waals surface area contributed by atoms with Crippen molar-refractivity contribution in [2.45, 2.75) is 52.5 Å². The van der Waals surface area contributed by atoms with E-state index in [-0.39, 0.29) is 0 Å². The van der Waals surface area contributed by atoms with E-state index in [1.165, 1.54) is 6.07 Å². The minimum atomic E-state index is -0.790. The van der Waals surface area contributed by atoms with E-state index < -0.39 is 16.4 Å². The number of halogens is 1. The Morgan fingerprint density at radius 3 is 2.38 bits per heavy atom. The van der Waals surface area contributed by atoms with E-state index in [2.05, 4.69) is 26.1 Å². The van der Waals surface area contributed by atoms with Crippen molar-refractivity contribution in [3.63, 3.8) is 0 Å². The van der Waals surface area contributed by atoms with Crippen LogP contribution in [0.2, 0.25) is 0 Å². The lowest BCUT2D eigenvalue weighted by molar-refractivity contribution is -0.387. The van der Waals surface area contributed by atoms with E-state index >= 15 is 0 Å². The highest BCUT2D eigenvalue weighted by Gasteiger charge is 2.29. The van der Waals surface area contributed by atoms with Crippen LogP contribution in [0.15, 0.2) is 18.2 Å². The molecule has 0 spiro atoms. The normalized spacial score (nSPS) is 22.9. The minimum Gasteiger partial charge on any atom is -0.382 e. The summed E-state index contributed by atoms with van der Waals surface area (Å²) >= 11 is 0. The Balaban J connectivity index is 1.98. The smallest absolute Gasteiger partial charge is 0.306 e. The zero-order valence-corrected chi connectivity index (χ0v) is 12.9. The van der Waals surface area contributed by atoms with Gasteiger partial charge in [0.25, 0.3) is 0 Å². The number of nitrogens with zero attached hydrogens (tertiary/aromatic N) is 1. The number of anilines is 1. The topological polar surface area (TPSA) is 55.2 Å². The summed E-state index contributed by atoms with van der Waals surface area (Å²) in [5.74, 6) is -0.0694. The summed E-state index contributed by atoms with van der Waals surface area (Å²) in [6, 6.07) is 4.32. The second kappa shape index (κ2) is 6.00. The summed E-state index contributed by atoms with van der Waals surface area (Å²) in [5, 5.41) is 14.1. The highest BCUT2D eigenvalue weighted by molar-refractivity contribution is 5.52. The third-order valence-corrected chi connectivity index (χ3v) is 4.47. The molecule has 2 rings (SSSR count). The molecule has 0 radical (unpaired) electrons. The first kappa shape index (κ1) is 15.7. The predicted molar refractivity (Wildman–Crippen MR) is 81.9 cm³/mol. The summed E-state index contributed by atoms with van der Waals surface area (Å²) in [4.78, 5) is 10.1. The summed E-state index contributed by atoms with van der Waals surface area (Å²) in [5.41, 5.74) is 0.491. The van der Waals surface area contributed by atoms with E-state index in [0.717, 1.165) is 37.7 Å². The van der Waals surface area contributed by atoms with Crippen LogP contribution in [-0.2, 0) is 0 Å². The summed E-state index contributed by atoms with van der Waals surface area (Å²) in [7, 11) is 0. The lowest BCUT2D eigenvalue weighted by atomic mass is 9.71. The standard InChI is InChI=1S/C16H23FN2O2/c1-16(2,3)11-4-6-12(7-5-11)18-13-8-9-14(17)15(10-13)19(20)21/h8-12,18H,4-7H2,1-3H3. The van der Waals surface area contributed by atoms with Crippen molar-refractivity contribution in [3.05, 3.63) is 34.1 Å². The van der Waals surface area contributed by atoms with Crippen LogP contribution < -0.4 is 5.32 Å². The lowest BCUT2D eigenvalue weighted by Gasteiger charge is -2.37. The summed E-state index contributed by atoms with van der Waals surface area (Å²) in [6.07, 6.45) is 4.41. The fourth-order valence-corrected chi connectivity index (χ4v) is 3.08. The maximum Gasteiger partial charge on any atom is 0.306 e. The Morgan fingerprint density at radius 2 is 1.86 bits per heavy atom. The Hall–Kier alpha value is -1.65. The van der Waals surface area contributed by atoms with Crippen molar-refractivity contribution in [1.82, 2.24) is 0 Å². The van der Waals surface area contributed by atoms with Crippen LogP contribution in [0.3, 0.4) is 0 Å². The molecule has 1 aromatic carbocycles. The van der Waals surface area contributed by atoms with E-state index in [1.807, 2.05) is 0 Å². The molecular weight excluding hydrogens is 271 g/mol. The molecule has 21 heavy (non-hydrogen) atoms. The van der Waals surface area contributed by atoms with Crippen LogP contribution >= 0.6 is 0 Å². The van der Waals surface area contributed by atoms with Gasteiger partial charge in [-0.1, -0.05) is 20.8 Å². The van der Waals surface area contributed by atoms with Crippen LogP contribution in [-0.4, -0.2) is 11.0 Å². The average Bonchev–Trinajstić information content (AvgIpc) is 2.40. The Morgan fingerprint density at radius 1 is 1.24 bits per heavy atom. The molecule has 1 aromatic rings. The van der Waals surface area contributed by atoms with Gasteiger partial charge in [-0.3, -0.25) is 10.1 Å². The molecule has 0 heterocycles. The van der Waals surface area contributed by atoms with Crippen LogP contribution in [0, 0.1) is 27.3 Å². The molecule has 0 saturated heterocycles. The van der Waals surface area contributed by atoms with Gasteiger partial charge in [0.15, 0.2) is 0 Å². The molecule has 1 aliphatic carbocycles. The molecule has 1 aliphatic rings.